The van der Waals surface area contributed by atoms with Crippen LogP contribution in [0.25, 0.3) is 0 Å². The largest absolute Gasteiger partial charge is 0.493 e. The van der Waals surface area contributed by atoms with Crippen molar-refractivity contribution in [1.29, 1.82) is 0 Å². The van der Waals surface area contributed by atoms with E-state index in [2.05, 4.69) is 11.3 Å². The molecule has 0 unspecified atom stereocenters. The maximum Gasteiger partial charge on any atom is 0.302 e. The molecule has 0 atom stereocenters. The van der Waals surface area contributed by atoms with Crippen molar-refractivity contribution in [2.24, 2.45) is 0 Å². The van der Waals surface area contributed by atoms with Crippen LogP contribution >= 0.6 is 0 Å². The summed E-state index contributed by atoms with van der Waals surface area (Å²) in [5.74, 6) is 1.95. The predicted molar refractivity (Wildman–Crippen MR) is 75.3 cm³/mol. The van der Waals surface area contributed by atoms with E-state index in [1.165, 1.54) is 6.92 Å². The van der Waals surface area contributed by atoms with Gasteiger partial charge in [0.1, 0.15) is 0 Å². The van der Waals surface area contributed by atoms with Crippen LogP contribution in [0.2, 0.25) is 0 Å². The molecule has 1 aliphatic heterocycles. The smallest absolute Gasteiger partial charge is 0.302 e. The lowest BCUT2D eigenvalue weighted by Gasteiger charge is -2.06. The summed E-state index contributed by atoms with van der Waals surface area (Å²) < 4.78 is 20.2. The van der Waals surface area contributed by atoms with E-state index in [-0.39, 0.29) is 12.8 Å². The van der Waals surface area contributed by atoms with Gasteiger partial charge in [-0.05, 0) is 31.0 Å². The molecular formula is C15H20O5. The molecule has 0 aromatic heterocycles. The van der Waals surface area contributed by atoms with E-state index >= 15 is 0 Å². The summed E-state index contributed by atoms with van der Waals surface area (Å²) in [6.45, 7) is 7.61. The van der Waals surface area contributed by atoms with Gasteiger partial charge in [0, 0.05) is 6.92 Å². The van der Waals surface area contributed by atoms with Crippen molar-refractivity contribution in [2.45, 2.75) is 20.3 Å². The van der Waals surface area contributed by atoms with Crippen LogP contribution in [0.1, 0.15) is 19.4 Å². The van der Waals surface area contributed by atoms with Crippen molar-refractivity contribution in [2.75, 3.05) is 20.5 Å². The number of ether oxygens (including phenoxy) is 4. The van der Waals surface area contributed by atoms with Gasteiger partial charge < -0.3 is 18.9 Å². The van der Waals surface area contributed by atoms with E-state index in [0.29, 0.717) is 12.4 Å². The quantitative estimate of drug-likeness (QED) is 0.627. The van der Waals surface area contributed by atoms with Crippen LogP contribution in [0.3, 0.4) is 0 Å². The van der Waals surface area contributed by atoms with E-state index in [1.807, 2.05) is 18.2 Å². The molecule has 0 saturated carbocycles. The number of hydrogen-bond donors (Lipinski definition) is 0. The number of methoxy groups -OCH3 is 1. The molecule has 20 heavy (non-hydrogen) atoms. The first-order valence-corrected chi connectivity index (χ1v) is 6.33. The molecule has 1 aromatic carbocycles. The normalized spacial score (nSPS) is 11.2. The fourth-order valence-electron chi connectivity index (χ4n) is 1.67. The Bertz CT molecular complexity index is 468. The SMILES string of the molecule is C=CCc1cc(OC)c2c(c1)OCO2.CCOC(C)=O. The molecule has 0 radical (unpaired) electrons. The summed E-state index contributed by atoms with van der Waals surface area (Å²) in [4.78, 5) is 9.82. The molecule has 0 spiro atoms. The molecule has 1 aromatic rings. The second kappa shape index (κ2) is 8.09. The average Bonchev–Trinajstić information content (AvgIpc) is 2.87. The van der Waals surface area contributed by atoms with Gasteiger partial charge >= 0.3 is 5.97 Å². The minimum atomic E-state index is -0.211. The van der Waals surface area contributed by atoms with Crippen molar-refractivity contribution in [3.05, 3.63) is 30.4 Å². The first kappa shape index (κ1) is 15.9. The van der Waals surface area contributed by atoms with Crippen molar-refractivity contribution in [3.63, 3.8) is 0 Å². The zero-order valence-corrected chi connectivity index (χ0v) is 12.1. The van der Waals surface area contributed by atoms with E-state index < -0.39 is 0 Å². The first-order valence-electron chi connectivity index (χ1n) is 6.33. The maximum atomic E-state index is 9.82. The second-order valence-corrected chi connectivity index (χ2v) is 3.95. The molecular weight excluding hydrogens is 260 g/mol. The topological polar surface area (TPSA) is 54.0 Å². The van der Waals surface area contributed by atoms with Crippen molar-refractivity contribution < 1.29 is 23.7 Å². The fourth-order valence-corrected chi connectivity index (χ4v) is 1.67. The molecule has 0 saturated heterocycles. The van der Waals surface area contributed by atoms with Crippen LogP contribution in [0.4, 0.5) is 0 Å². The lowest BCUT2D eigenvalue weighted by atomic mass is 10.1. The van der Waals surface area contributed by atoms with Crippen LogP contribution in [0.15, 0.2) is 24.8 Å². The first-order chi connectivity index (χ1) is 9.62. The Morgan fingerprint density at radius 1 is 1.45 bits per heavy atom. The number of benzene rings is 1. The average molecular weight is 280 g/mol. The monoisotopic (exact) mass is 280 g/mol. The lowest BCUT2D eigenvalue weighted by Crippen LogP contribution is -1.95. The minimum absolute atomic E-state index is 0.211. The van der Waals surface area contributed by atoms with Crippen LogP contribution in [0, 0.1) is 0 Å². The minimum Gasteiger partial charge on any atom is -0.493 e. The van der Waals surface area contributed by atoms with Gasteiger partial charge in [-0.2, -0.15) is 0 Å². The van der Waals surface area contributed by atoms with Crippen molar-refractivity contribution >= 4 is 5.97 Å². The molecule has 0 fully saturated rings. The van der Waals surface area contributed by atoms with E-state index in [4.69, 9.17) is 14.2 Å². The summed E-state index contributed by atoms with van der Waals surface area (Å²) >= 11 is 0. The van der Waals surface area contributed by atoms with Crippen LogP contribution in [-0.2, 0) is 16.0 Å². The standard InChI is InChI=1S/C11H12O3.C4H8O2/c1-3-4-8-5-9(12-2)11-10(6-8)13-7-14-11;1-3-6-4(2)5/h3,5-6H,1,4,7H2,2H3;3H2,1-2H3. The number of carbonyl (C=O) groups is 1. The molecule has 2 rings (SSSR count). The molecule has 1 heterocycles. The maximum absolute atomic E-state index is 9.82. The number of rotatable bonds is 4. The van der Waals surface area contributed by atoms with Gasteiger partial charge in [-0.25, -0.2) is 0 Å². The third-order valence-corrected chi connectivity index (χ3v) is 2.45. The molecule has 0 N–H and O–H groups in total. The van der Waals surface area contributed by atoms with Crippen LogP contribution in [0.5, 0.6) is 17.2 Å². The third kappa shape index (κ3) is 4.50. The highest BCUT2D eigenvalue weighted by Gasteiger charge is 2.19. The molecule has 0 amide bonds. The molecule has 0 bridgehead atoms. The Morgan fingerprint density at radius 2 is 2.20 bits per heavy atom. The molecule has 5 nitrogen and oxygen atoms in total. The van der Waals surface area contributed by atoms with Crippen molar-refractivity contribution in [1.82, 2.24) is 0 Å². The second-order valence-electron chi connectivity index (χ2n) is 3.95. The fraction of sp³-hybridized carbons (Fsp3) is 0.400. The van der Waals surface area contributed by atoms with Gasteiger partial charge in [-0.3, -0.25) is 4.79 Å². The van der Waals surface area contributed by atoms with E-state index in [9.17, 15) is 4.79 Å². The summed E-state index contributed by atoms with van der Waals surface area (Å²) in [6, 6.07) is 3.89. The highest BCUT2D eigenvalue weighted by atomic mass is 16.7. The van der Waals surface area contributed by atoms with Gasteiger partial charge in [0.2, 0.25) is 12.5 Å². The summed E-state index contributed by atoms with van der Waals surface area (Å²) in [5, 5.41) is 0. The highest BCUT2D eigenvalue weighted by molar-refractivity contribution is 5.65. The lowest BCUT2D eigenvalue weighted by molar-refractivity contribution is -0.140. The Hall–Kier alpha value is -2.17. The number of esters is 1. The molecule has 110 valence electrons. The predicted octanol–water partition coefficient (Wildman–Crippen LogP) is 2.72. The number of carbonyl (C=O) groups excluding carboxylic acids is 1. The molecule has 1 aliphatic rings. The van der Waals surface area contributed by atoms with Gasteiger partial charge in [0.05, 0.1) is 13.7 Å². The van der Waals surface area contributed by atoms with E-state index in [1.54, 1.807) is 14.0 Å². The Morgan fingerprint density at radius 3 is 2.70 bits per heavy atom. The van der Waals surface area contributed by atoms with Crippen LogP contribution in [-0.4, -0.2) is 26.5 Å². The van der Waals surface area contributed by atoms with Gasteiger partial charge in [0.15, 0.2) is 11.5 Å². The summed E-state index contributed by atoms with van der Waals surface area (Å²) in [7, 11) is 1.62. The highest BCUT2D eigenvalue weighted by Crippen LogP contribution is 2.41. The Balaban J connectivity index is 0.000000286. The van der Waals surface area contributed by atoms with Crippen LogP contribution < -0.4 is 14.2 Å². The number of allylic oxidation sites excluding steroid dienone is 1. The Labute approximate surface area is 119 Å². The zero-order chi connectivity index (χ0) is 15.0. The summed E-state index contributed by atoms with van der Waals surface area (Å²) in [6.07, 6.45) is 2.64. The third-order valence-electron chi connectivity index (χ3n) is 2.45. The van der Waals surface area contributed by atoms with Gasteiger partial charge in [0.25, 0.3) is 0 Å². The Kier molecular flexibility index (Phi) is 6.43. The molecule has 0 aliphatic carbocycles. The number of hydrogen-bond acceptors (Lipinski definition) is 5. The number of fused-ring (bicyclic) bond motifs is 1. The van der Waals surface area contributed by atoms with Gasteiger partial charge in [-0.15, -0.1) is 6.58 Å². The van der Waals surface area contributed by atoms with Crippen molar-refractivity contribution in [3.8, 4) is 17.2 Å². The zero-order valence-electron chi connectivity index (χ0n) is 12.1. The summed E-state index contributed by atoms with van der Waals surface area (Å²) in [5.41, 5.74) is 1.11. The van der Waals surface area contributed by atoms with E-state index in [0.717, 1.165) is 23.5 Å². The molecule has 5 heteroatoms. The van der Waals surface area contributed by atoms with Gasteiger partial charge in [-0.1, -0.05) is 6.08 Å².